The van der Waals surface area contributed by atoms with Gasteiger partial charge < -0.3 is 9.73 Å². The molecule has 0 fully saturated rings. The SMILES string of the molecule is Cc1ccc(Nc2nc(-c3ccc(C(=O)N/N=C\c4ccc(C)o4)cc3)cs2)cc1. The minimum Gasteiger partial charge on any atom is -0.460 e. The van der Waals surface area contributed by atoms with Crippen LogP contribution in [0.4, 0.5) is 10.8 Å². The summed E-state index contributed by atoms with van der Waals surface area (Å²) in [5.74, 6) is 1.08. The molecule has 0 aliphatic rings. The fraction of sp³-hybridized carbons (Fsp3) is 0.0870. The molecule has 30 heavy (non-hydrogen) atoms. The first kappa shape index (κ1) is 19.6. The largest absolute Gasteiger partial charge is 0.460 e. The first-order chi connectivity index (χ1) is 14.6. The number of hydrogen-bond acceptors (Lipinski definition) is 6. The number of anilines is 2. The highest BCUT2D eigenvalue weighted by atomic mass is 32.1. The Bertz CT molecular complexity index is 1170. The summed E-state index contributed by atoms with van der Waals surface area (Å²) in [5.41, 5.74) is 7.02. The first-order valence-electron chi connectivity index (χ1n) is 9.36. The van der Waals surface area contributed by atoms with Crippen molar-refractivity contribution in [1.82, 2.24) is 10.4 Å². The number of carbonyl (C=O) groups excluding carboxylic acids is 1. The second-order valence-corrected chi connectivity index (χ2v) is 7.61. The fourth-order valence-corrected chi connectivity index (χ4v) is 3.50. The second kappa shape index (κ2) is 8.75. The van der Waals surface area contributed by atoms with Crippen LogP contribution in [0.3, 0.4) is 0 Å². The lowest BCUT2D eigenvalue weighted by atomic mass is 10.1. The van der Waals surface area contributed by atoms with E-state index in [1.54, 1.807) is 18.2 Å². The maximum atomic E-state index is 12.2. The summed E-state index contributed by atoms with van der Waals surface area (Å²) in [6, 6.07) is 19.0. The zero-order valence-electron chi connectivity index (χ0n) is 16.5. The number of nitrogens with one attached hydrogen (secondary N) is 2. The van der Waals surface area contributed by atoms with E-state index in [0.717, 1.165) is 27.8 Å². The van der Waals surface area contributed by atoms with Crippen LogP contribution >= 0.6 is 11.3 Å². The summed E-state index contributed by atoms with van der Waals surface area (Å²) in [4.78, 5) is 16.9. The lowest BCUT2D eigenvalue weighted by Gasteiger charge is -2.03. The van der Waals surface area contributed by atoms with Crippen molar-refractivity contribution in [2.24, 2.45) is 5.10 Å². The molecule has 0 bridgehead atoms. The van der Waals surface area contributed by atoms with Crippen LogP contribution in [-0.4, -0.2) is 17.1 Å². The molecule has 2 heterocycles. The molecule has 0 spiro atoms. The summed E-state index contributed by atoms with van der Waals surface area (Å²) in [5, 5.41) is 10.0. The highest BCUT2D eigenvalue weighted by Crippen LogP contribution is 2.27. The van der Waals surface area contributed by atoms with E-state index in [1.807, 2.05) is 42.6 Å². The summed E-state index contributed by atoms with van der Waals surface area (Å²) >= 11 is 1.54. The number of aromatic nitrogens is 1. The van der Waals surface area contributed by atoms with Crippen molar-refractivity contribution in [1.29, 1.82) is 0 Å². The average molecular weight is 417 g/mol. The van der Waals surface area contributed by atoms with Crippen molar-refractivity contribution in [3.8, 4) is 11.3 Å². The molecule has 0 saturated carbocycles. The Hall–Kier alpha value is -3.71. The van der Waals surface area contributed by atoms with Gasteiger partial charge in [-0.05, 0) is 50.2 Å². The molecule has 0 aliphatic heterocycles. The number of hydrazone groups is 1. The molecule has 150 valence electrons. The Labute approximate surface area is 178 Å². The summed E-state index contributed by atoms with van der Waals surface area (Å²) < 4.78 is 5.37. The van der Waals surface area contributed by atoms with E-state index in [2.05, 4.69) is 39.9 Å². The van der Waals surface area contributed by atoms with Crippen LogP contribution in [0.1, 0.15) is 27.4 Å². The van der Waals surface area contributed by atoms with Gasteiger partial charge in [-0.3, -0.25) is 4.79 Å². The number of thiazole rings is 1. The minimum absolute atomic E-state index is 0.291. The molecular formula is C23H20N4O2S. The van der Waals surface area contributed by atoms with Crippen molar-refractivity contribution in [3.63, 3.8) is 0 Å². The van der Waals surface area contributed by atoms with Crippen molar-refractivity contribution >= 4 is 34.3 Å². The van der Waals surface area contributed by atoms with E-state index < -0.39 is 0 Å². The molecule has 7 heteroatoms. The highest BCUT2D eigenvalue weighted by molar-refractivity contribution is 7.14. The Morgan fingerprint density at radius 3 is 2.50 bits per heavy atom. The third-order valence-corrected chi connectivity index (χ3v) is 5.13. The van der Waals surface area contributed by atoms with Gasteiger partial charge in [0.1, 0.15) is 11.5 Å². The molecule has 2 aromatic carbocycles. The Morgan fingerprint density at radius 2 is 1.80 bits per heavy atom. The molecule has 0 aliphatic carbocycles. The van der Waals surface area contributed by atoms with Crippen LogP contribution < -0.4 is 10.7 Å². The second-order valence-electron chi connectivity index (χ2n) is 6.75. The van der Waals surface area contributed by atoms with Gasteiger partial charge in [-0.15, -0.1) is 11.3 Å². The molecule has 0 saturated heterocycles. The number of aryl methyl sites for hydroxylation is 2. The van der Waals surface area contributed by atoms with Crippen LogP contribution in [0.5, 0.6) is 0 Å². The van der Waals surface area contributed by atoms with Crippen LogP contribution in [0.2, 0.25) is 0 Å². The lowest BCUT2D eigenvalue weighted by molar-refractivity contribution is 0.0955. The molecule has 2 aromatic heterocycles. The van der Waals surface area contributed by atoms with Gasteiger partial charge in [0.15, 0.2) is 5.13 Å². The van der Waals surface area contributed by atoms with E-state index in [4.69, 9.17) is 4.42 Å². The zero-order chi connectivity index (χ0) is 20.9. The summed E-state index contributed by atoms with van der Waals surface area (Å²) in [7, 11) is 0. The number of amides is 1. The Kier molecular flexibility index (Phi) is 5.72. The van der Waals surface area contributed by atoms with E-state index in [0.29, 0.717) is 11.3 Å². The van der Waals surface area contributed by atoms with Gasteiger partial charge in [-0.25, -0.2) is 10.4 Å². The topological polar surface area (TPSA) is 79.5 Å². The molecule has 0 radical (unpaired) electrons. The first-order valence-corrected chi connectivity index (χ1v) is 10.2. The highest BCUT2D eigenvalue weighted by Gasteiger charge is 2.08. The molecule has 0 unspecified atom stereocenters. The van der Waals surface area contributed by atoms with Gasteiger partial charge in [0, 0.05) is 22.2 Å². The number of benzene rings is 2. The number of furan rings is 1. The Morgan fingerprint density at radius 1 is 1.03 bits per heavy atom. The molecule has 2 N–H and O–H groups in total. The molecule has 4 rings (SSSR count). The van der Waals surface area contributed by atoms with Gasteiger partial charge in [-0.2, -0.15) is 5.10 Å². The minimum atomic E-state index is -0.291. The van der Waals surface area contributed by atoms with Crippen LogP contribution in [0, 0.1) is 13.8 Å². The predicted molar refractivity (Wildman–Crippen MR) is 121 cm³/mol. The van der Waals surface area contributed by atoms with Crippen LogP contribution in [0.15, 0.2) is 75.6 Å². The van der Waals surface area contributed by atoms with E-state index in [-0.39, 0.29) is 5.91 Å². The summed E-state index contributed by atoms with van der Waals surface area (Å²) in [6.45, 7) is 3.91. The number of nitrogens with zero attached hydrogens (tertiary/aromatic N) is 2. The van der Waals surface area contributed by atoms with E-state index in [9.17, 15) is 4.79 Å². The number of hydrogen-bond donors (Lipinski definition) is 2. The number of carbonyl (C=O) groups is 1. The zero-order valence-corrected chi connectivity index (χ0v) is 17.4. The lowest BCUT2D eigenvalue weighted by Crippen LogP contribution is -2.17. The third-order valence-electron chi connectivity index (χ3n) is 4.37. The maximum absolute atomic E-state index is 12.2. The van der Waals surface area contributed by atoms with Crippen LogP contribution in [0.25, 0.3) is 11.3 Å². The van der Waals surface area contributed by atoms with Crippen molar-refractivity contribution < 1.29 is 9.21 Å². The van der Waals surface area contributed by atoms with Crippen molar-refractivity contribution in [2.75, 3.05) is 5.32 Å². The molecule has 4 aromatic rings. The van der Waals surface area contributed by atoms with Gasteiger partial charge in [-0.1, -0.05) is 29.8 Å². The van der Waals surface area contributed by atoms with Gasteiger partial charge in [0.2, 0.25) is 0 Å². The summed E-state index contributed by atoms with van der Waals surface area (Å²) in [6.07, 6.45) is 1.47. The monoisotopic (exact) mass is 416 g/mol. The third kappa shape index (κ3) is 4.82. The van der Waals surface area contributed by atoms with Gasteiger partial charge in [0.05, 0.1) is 11.9 Å². The van der Waals surface area contributed by atoms with Crippen molar-refractivity contribution in [2.45, 2.75) is 13.8 Å². The van der Waals surface area contributed by atoms with Crippen molar-refractivity contribution in [3.05, 3.63) is 88.7 Å². The molecular weight excluding hydrogens is 396 g/mol. The molecule has 0 atom stereocenters. The smallest absolute Gasteiger partial charge is 0.271 e. The van der Waals surface area contributed by atoms with Gasteiger partial charge in [0.25, 0.3) is 5.91 Å². The number of rotatable bonds is 6. The Balaban J connectivity index is 1.38. The van der Waals surface area contributed by atoms with Crippen LogP contribution in [-0.2, 0) is 0 Å². The average Bonchev–Trinajstić information content (AvgIpc) is 3.39. The predicted octanol–water partition coefficient (Wildman–Crippen LogP) is 5.53. The maximum Gasteiger partial charge on any atom is 0.271 e. The normalized spacial score (nSPS) is 11.0. The molecule has 1 amide bonds. The van der Waals surface area contributed by atoms with E-state index >= 15 is 0 Å². The van der Waals surface area contributed by atoms with Gasteiger partial charge >= 0.3 is 0 Å². The standard InChI is InChI=1S/C23H20N4O2S/c1-15-3-10-19(11-4-15)25-23-26-21(14-30-23)17-6-8-18(9-7-17)22(28)27-24-13-20-12-5-16(2)29-20/h3-14H,1-2H3,(H,25,26)(H,27,28)/b24-13-. The fourth-order valence-electron chi connectivity index (χ4n) is 2.76. The van der Waals surface area contributed by atoms with E-state index in [1.165, 1.54) is 23.1 Å². The molecule has 6 nitrogen and oxygen atoms in total. The quantitative estimate of drug-likeness (QED) is 0.320.